The summed E-state index contributed by atoms with van der Waals surface area (Å²) in [5.41, 5.74) is 4.47. The van der Waals surface area contributed by atoms with Gasteiger partial charge in [-0.15, -0.1) is 0 Å². The number of hydrogen-bond acceptors (Lipinski definition) is 1. The maximum Gasteiger partial charge on any atom is 0.231 e. The summed E-state index contributed by atoms with van der Waals surface area (Å²) in [4.78, 5) is 12.7. The number of benzene rings is 2. The third kappa shape index (κ3) is 3.03. The van der Waals surface area contributed by atoms with Gasteiger partial charge in [-0.25, -0.2) is 0 Å². The van der Waals surface area contributed by atoms with E-state index in [1.807, 2.05) is 31.2 Å². The van der Waals surface area contributed by atoms with Gasteiger partial charge in [-0.3, -0.25) is 4.79 Å². The summed E-state index contributed by atoms with van der Waals surface area (Å²) in [5.74, 6) is 0.0664. The molecule has 1 aliphatic carbocycles. The minimum atomic E-state index is -0.0340. The highest BCUT2D eigenvalue weighted by Crippen LogP contribution is 2.33. The van der Waals surface area contributed by atoms with Crippen LogP contribution in [0.4, 0.5) is 5.69 Å². The second-order valence-corrected chi connectivity index (χ2v) is 6.51. The Labute approximate surface area is 133 Å². The average Bonchev–Trinajstić information content (AvgIpc) is 2.50. The quantitative estimate of drug-likeness (QED) is 0.832. The monoisotopic (exact) mass is 343 g/mol. The molecule has 2 nitrogen and oxygen atoms in total. The minimum Gasteiger partial charge on any atom is -0.325 e. The maximum absolute atomic E-state index is 12.7. The summed E-state index contributed by atoms with van der Waals surface area (Å²) in [7, 11) is 0. The number of fused-ring (bicyclic) bond motifs is 1. The lowest BCUT2D eigenvalue weighted by atomic mass is 9.82. The zero-order valence-corrected chi connectivity index (χ0v) is 13.6. The third-order valence-electron chi connectivity index (χ3n) is 4.14. The van der Waals surface area contributed by atoms with Gasteiger partial charge in [0.2, 0.25) is 5.91 Å². The second-order valence-electron chi connectivity index (χ2n) is 5.59. The first-order chi connectivity index (χ1) is 10.1. The maximum atomic E-state index is 12.7. The molecule has 3 rings (SSSR count). The highest BCUT2D eigenvalue weighted by atomic mass is 79.9. The van der Waals surface area contributed by atoms with Gasteiger partial charge in [-0.2, -0.15) is 0 Å². The van der Waals surface area contributed by atoms with Crippen LogP contribution in [-0.4, -0.2) is 5.91 Å². The van der Waals surface area contributed by atoms with Crippen molar-refractivity contribution < 1.29 is 4.79 Å². The van der Waals surface area contributed by atoms with Gasteiger partial charge in [0.1, 0.15) is 0 Å². The summed E-state index contributed by atoms with van der Waals surface area (Å²) in [5, 5.41) is 3.09. The first kappa shape index (κ1) is 14.3. The number of anilines is 1. The molecule has 21 heavy (non-hydrogen) atoms. The van der Waals surface area contributed by atoms with Crippen molar-refractivity contribution in [1.29, 1.82) is 0 Å². The lowest BCUT2D eigenvalue weighted by molar-refractivity contribution is -0.117. The molecule has 0 aliphatic heterocycles. The van der Waals surface area contributed by atoms with Crippen molar-refractivity contribution in [3.8, 4) is 0 Å². The molecule has 0 saturated carbocycles. The number of carbonyl (C=O) groups excluding carboxylic acids is 1. The minimum absolute atomic E-state index is 0.0340. The summed E-state index contributed by atoms with van der Waals surface area (Å²) >= 11 is 3.46. The Morgan fingerprint density at radius 1 is 1.24 bits per heavy atom. The molecule has 1 aliphatic rings. The summed E-state index contributed by atoms with van der Waals surface area (Å²) in [6.45, 7) is 2.01. The first-order valence-corrected chi connectivity index (χ1v) is 8.09. The van der Waals surface area contributed by atoms with E-state index < -0.39 is 0 Å². The van der Waals surface area contributed by atoms with Crippen LogP contribution in [0.25, 0.3) is 0 Å². The van der Waals surface area contributed by atoms with E-state index in [2.05, 4.69) is 39.4 Å². The van der Waals surface area contributed by atoms with E-state index in [0.29, 0.717) is 0 Å². The molecule has 2 aromatic rings. The highest BCUT2D eigenvalue weighted by molar-refractivity contribution is 9.10. The Kier molecular flexibility index (Phi) is 4.11. The van der Waals surface area contributed by atoms with Crippen LogP contribution < -0.4 is 5.32 Å². The lowest BCUT2D eigenvalue weighted by Crippen LogP contribution is -2.25. The topological polar surface area (TPSA) is 29.1 Å². The van der Waals surface area contributed by atoms with Crippen molar-refractivity contribution in [2.45, 2.75) is 32.1 Å². The SMILES string of the molecule is Cc1ccc(Br)cc1NC(=O)C1CCCc2ccccc21. The molecule has 1 N–H and O–H groups in total. The molecule has 0 radical (unpaired) electrons. The highest BCUT2D eigenvalue weighted by Gasteiger charge is 2.26. The zero-order valence-electron chi connectivity index (χ0n) is 12.0. The van der Waals surface area contributed by atoms with Gasteiger partial charge in [0.25, 0.3) is 0 Å². The van der Waals surface area contributed by atoms with E-state index in [1.54, 1.807) is 0 Å². The molecule has 0 spiro atoms. The van der Waals surface area contributed by atoms with Gasteiger partial charge in [0.15, 0.2) is 0 Å². The fourth-order valence-electron chi connectivity index (χ4n) is 2.98. The van der Waals surface area contributed by atoms with Gasteiger partial charge in [-0.1, -0.05) is 46.3 Å². The van der Waals surface area contributed by atoms with Crippen molar-refractivity contribution in [3.63, 3.8) is 0 Å². The lowest BCUT2D eigenvalue weighted by Gasteiger charge is -2.25. The van der Waals surface area contributed by atoms with Crippen LogP contribution in [0.5, 0.6) is 0 Å². The molecule has 0 heterocycles. The third-order valence-corrected chi connectivity index (χ3v) is 4.64. The Hall–Kier alpha value is -1.61. The van der Waals surface area contributed by atoms with Gasteiger partial charge >= 0.3 is 0 Å². The molecular formula is C18H18BrNO. The van der Waals surface area contributed by atoms with Crippen molar-refractivity contribution >= 4 is 27.5 Å². The van der Waals surface area contributed by atoms with Crippen LogP contribution in [0, 0.1) is 6.92 Å². The number of rotatable bonds is 2. The molecule has 1 atom stereocenters. The van der Waals surface area contributed by atoms with E-state index in [0.717, 1.165) is 35.0 Å². The molecule has 1 amide bonds. The Bertz CT molecular complexity index is 681. The van der Waals surface area contributed by atoms with Crippen LogP contribution >= 0.6 is 15.9 Å². The van der Waals surface area contributed by atoms with E-state index in [-0.39, 0.29) is 11.8 Å². The summed E-state index contributed by atoms with van der Waals surface area (Å²) in [6.07, 6.45) is 3.08. The van der Waals surface area contributed by atoms with Gasteiger partial charge < -0.3 is 5.32 Å². The molecule has 3 heteroatoms. The molecule has 0 bridgehead atoms. The first-order valence-electron chi connectivity index (χ1n) is 7.30. The second kappa shape index (κ2) is 6.02. The standard InChI is InChI=1S/C18H18BrNO/c1-12-9-10-14(19)11-17(12)20-18(21)16-8-4-6-13-5-2-3-7-15(13)16/h2-3,5,7,9-11,16H,4,6,8H2,1H3,(H,20,21). The molecule has 0 saturated heterocycles. The number of nitrogens with one attached hydrogen (secondary N) is 1. The number of carbonyl (C=O) groups is 1. The van der Waals surface area contributed by atoms with Crippen molar-refractivity contribution in [2.24, 2.45) is 0 Å². The van der Waals surface area contributed by atoms with Crippen molar-refractivity contribution in [2.75, 3.05) is 5.32 Å². The molecule has 108 valence electrons. The molecule has 0 aromatic heterocycles. The fourth-order valence-corrected chi connectivity index (χ4v) is 3.34. The summed E-state index contributed by atoms with van der Waals surface area (Å²) in [6, 6.07) is 14.3. The van der Waals surface area contributed by atoms with Crippen molar-refractivity contribution in [1.82, 2.24) is 0 Å². The number of aryl methyl sites for hydroxylation is 2. The predicted molar refractivity (Wildman–Crippen MR) is 89.6 cm³/mol. The van der Waals surface area contributed by atoms with Gasteiger partial charge in [0.05, 0.1) is 5.92 Å². The Morgan fingerprint density at radius 2 is 2.05 bits per heavy atom. The van der Waals surface area contributed by atoms with Crippen LogP contribution in [-0.2, 0) is 11.2 Å². The molecule has 0 fully saturated rings. The normalized spacial score (nSPS) is 17.1. The molecule has 2 aromatic carbocycles. The number of amides is 1. The average molecular weight is 344 g/mol. The van der Waals surface area contributed by atoms with Crippen molar-refractivity contribution in [3.05, 3.63) is 63.6 Å². The zero-order chi connectivity index (χ0) is 14.8. The van der Waals surface area contributed by atoms with Crippen LogP contribution in [0.1, 0.15) is 35.4 Å². The number of hydrogen-bond donors (Lipinski definition) is 1. The van der Waals surface area contributed by atoms with E-state index >= 15 is 0 Å². The Morgan fingerprint density at radius 3 is 2.90 bits per heavy atom. The van der Waals surface area contributed by atoms with Gasteiger partial charge in [0, 0.05) is 10.2 Å². The largest absolute Gasteiger partial charge is 0.325 e. The van der Waals surface area contributed by atoms with E-state index in [4.69, 9.17) is 0 Å². The van der Waals surface area contributed by atoms with E-state index in [1.165, 1.54) is 11.1 Å². The Balaban J connectivity index is 1.85. The van der Waals surface area contributed by atoms with Gasteiger partial charge in [-0.05, 0) is 55.0 Å². The van der Waals surface area contributed by atoms with E-state index in [9.17, 15) is 4.79 Å². The molecular weight excluding hydrogens is 326 g/mol. The fraction of sp³-hybridized carbons (Fsp3) is 0.278. The van der Waals surface area contributed by atoms with Crippen LogP contribution in [0.3, 0.4) is 0 Å². The van der Waals surface area contributed by atoms with Crippen LogP contribution in [0.2, 0.25) is 0 Å². The summed E-state index contributed by atoms with van der Waals surface area (Å²) < 4.78 is 0.979. The smallest absolute Gasteiger partial charge is 0.231 e. The van der Waals surface area contributed by atoms with Crippen LogP contribution in [0.15, 0.2) is 46.9 Å². The predicted octanol–water partition coefficient (Wildman–Crippen LogP) is 4.82. The molecule has 1 unspecified atom stereocenters. The number of halogens is 1.